The van der Waals surface area contributed by atoms with E-state index in [-0.39, 0.29) is 12.2 Å². The number of nitriles is 1. The molecule has 0 bridgehead atoms. The molecule has 4 nitrogen and oxygen atoms in total. The van der Waals surface area contributed by atoms with Crippen molar-refractivity contribution < 1.29 is 17.9 Å². The van der Waals surface area contributed by atoms with Crippen LogP contribution in [-0.2, 0) is 6.42 Å². The number of benzene rings is 1. The Kier molecular flexibility index (Phi) is 3.89. The molecule has 0 aliphatic carbocycles. The Balaban J connectivity index is 2.57. The second-order valence-corrected chi connectivity index (χ2v) is 4.59. The largest absolute Gasteiger partial charge is 0.573 e. The SMILES string of the molecule is CN(C)c1cc(CC#N)nc2ccc(OC(F)(F)F)cc12. The van der Waals surface area contributed by atoms with Gasteiger partial charge in [0.2, 0.25) is 0 Å². The highest BCUT2D eigenvalue weighted by molar-refractivity contribution is 5.92. The molecule has 0 spiro atoms. The van der Waals surface area contributed by atoms with Crippen LogP contribution >= 0.6 is 0 Å². The Bertz CT molecular complexity index is 705. The topological polar surface area (TPSA) is 49.2 Å². The molecule has 0 radical (unpaired) electrons. The van der Waals surface area contributed by atoms with Gasteiger partial charge in [-0.05, 0) is 24.3 Å². The normalized spacial score (nSPS) is 11.2. The van der Waals surface area contributed by atoms with Crippen molar-refractivity contribution in [2.75, 3.05) is 19.0 Å². The van der Waals surface area contributed by atoms with Gasteiger partial charge in [0.05, 0.1) is 23.7 Å². The lowest BCUT2D eigenvalue weighted by atomic mass is 10.1. The molecule has 0 aliphatic heterocycles. The number of halogens is 3. The standard InChI is InChI=1S/C14H12F3N3O/c1-20(2)13-7-9(5-6-18)19-12-4-3-10(8-11(12)13)21-14(15,16)17/h3-4,7-8H,5H2,1-2H3. The molecule has 1 aromatic carbocycles. The number of hydrogen-bond acceptors (Lipinski definition) is 4. The maximum absolute atomic E-state index is 12.3. The van der Waals surface area contributed by atoms with E-state index in [9.17, 15) is 13.2 Å². The Labute approximate surface area is 119 Å². The summed E-state index contributed by atoms with van der Waals surface area (Å²) < 4.78 is 40.8. The van der Waals surface area contributed by atoms with Crippen molar-refractivity contribution in [3.8, 4) is 11.8 Å². The quantitative estimate of drug-likeness (QED) is 0.872. The lowest BCUT2D eigenvalue weighted by Crippen LogP contribution is -2.17. The zero-order valence-electron chi connectivity index (χ0n) is 11.4. The molecule has 0 N–H and O–H groups in total. The molecule has 0 amide bonds. The van der Waals surface area contributed by atoms with Crippen LogP contribution in [0.25, 0.3) is 10.9 Å². The van der Waals surface area contributed by atoms with Crippen LogP contribution in [0.4, 0.5) is 18.9 Å². The number of anilines is 1. The van der Waals surface area contributed by atoms with Gasteiger partial charge in [0.1, 0.15) is 5.75 Å². The first-order valence-corrected chi connectivity index (χ1v) is 6.04. The van der Waals surface area contributed by atoms with E-state index in [0.29, 0.717) is 22.3 Å². The first-order chi connectivity index (χ1) is 9.80. The van der Waals surface area contributed by atoms with Gasteiger partial charge in [-0.1, -0.05) is 0 Å². The van der Waals surface area contributed by atoms with Crippen LogP contribution in [0.1, 0.15) is 5.69 Å². The monoisotopic (exact) mass is 295 g/mol. The number of rotatable bonds is 3. The van der Waals surface area contributed by atoms with Crippen LogP contribution in [0.5, 0.6) is 5.75 Å². The highest BCUT2D eigenvalue weighted by Gasteiger charge is 2.31. The smallest absolute Gasteiger partial charge is 0.406 e. The van der Waals surface area contributed by atoms with Crippen molar-refractivity contribution in [3.05, 3.63) is 30.0 Å². The number of ether oxygens (including phenoxy) is 1. The molecule has 110 valence electrons. The van der Waals surface area contributed by atoms with E-state index in [4.69, 9.17) is 5.26 Å². The van der Waals surface area contributed by atoms with Gasteiger partial charge in [-0.2, -0.15) is 5.26 Å². The van der Waals surface area contributed by atoms with E-state index in [0.717, 1.165) is 0 Å². The van der Waals surface area contributed by atoms with Crippen molar-refractivity contribution in [1.29, 1.82) is 5.26 Å². The zero-order valence-corrected chi connectivity index (χ0v) is 11.4. The summed E-state index contributed by atoms with van der Waals surface area (Å²) in [7, 11) is 3.53. The highest BCUT2D eigenvalue weighted by Crippen LogP contribution is 2.31. The zero-order chi connectivity index (χ0) is 15.6. The number of alkyl halides is 3. The predicted octanol–water partition coefficient (Wildman–Crippen LogP) is 3.27. The number of aromatic nitrogens is 1. The van der Waals surface area contributed by atoms with Crippen LogP contribution in [-0.4, -0.2) is 25.4 Å². The molecular formula is C14H12F3N3O. The molecule has 21 heavy (non-hydrogen) atoms. The summed E-state index contributed by atoms with van der Waals surface area (Å²) in [5.74, 6) is -0.298. The summed E-state index contributed by atoms with van der Waals surface area (Å²) >= 11 is 0. The van der Waals surface area contributed by atoms with Gasteiger partial charge in [0.25, 0.3) is 0 Å². The summed E-state index contributed by atoms with van der Waals surface area (Å²) in [5, 5.41) is 9.28. The maximum atomic E-state index is 12.3. The fraction of sp³-hybridized carbons (Fsp3) is 0.286. The minimum absolute atomic E-state index is 0.136. The van der Waals surface area contributed by atoms with Crippen LogP contribution in [0.2, 0.25) is 0 Å². The fourth-order valence-corrected chi connectivity index (χ4v) is 1.98. The maximum Gasteiger partial charge on any atom is 0.573 e. The summed E-state index contributed by atoms with van der Waals surface area (Å²) in [6.45, 7) is 0. The number of pyridine rings is 1. The molecule has 2 rings (SSSR count). The van der Waals surface area contributed by atoms with Crippen LogP contribution in [0.3, 0.4) is 0 Å². The minimum Gasteiger partial charge on any atom is -0.406 e. The van der Waals surface area contributed by atoms with Gasteiger partial charge in [0, 0.05) is 25.2 Å². The second-order valence-electron chi connectivity index (χ2n) is 4.59. The van der Waals surface area contributed by atoms with E-state index in [2.05, 4.69) is 9.72 Å². The summed E-state index contributed by atoms with van der Waals surface area (Å²) in [4.78, 5) is 6.01. The Hall–Kier alpha value is -2.49. The molecule has 7 heteroatoms. The Morgan fingerprint density at radius 2 is 2.00 bits per heavy atom. The molecule has 0 atom stereocenters. The third kappa shape index (κ3) is 3.54. The lowest BCUT2D eigenvalue weighted by Gasteiger charge is -2.17. The predicted molar refractivity (Wildman–Crippen MR) is 72.1 cm³/mol. The first-order valence-electron chi connectivity index (χ1n) is 6.04. The van der Waals surface area contributed by atoms with Gasteiger partial charge in [-0.15, -0.1) is 13.2 Å². The van der Waals surface area contributed by atoms with Gasteiger partial charge in [-0.3, -0.25) is 4.98 Å². The van der Waals surface area contributed by atoms with Crippen molar-refractivity contribution in [1.82, 2.24) is 4.98 Å². The summed E-state index contributed by atoms with van der Waals surface area (Å²) in [6, 6.07) is 7.63. The van der Waals surface area contributed by atoms with Crippen molar-refractivity contribution >= 4 is 16.6 Å². The summed E-state index contributed by atoms with van der Waals surface area (Å²) in [5.41, 5.74) is 1.76. The van der Waals surface area contributed by atoms with Crippen molar-refractivity contribution in [3.63, 3.8) is 0 Å². The van der Waals surface area contributed by atoms with E-state index >= 15 is 0 Å². The van der Waals surface area contributed by atoms with Gasteiger partial charge in [0.15, 0.2) is 0 Å². The third-order valence-corrected chi connectivity index (χ3v) is 2.79. The third-order valence-electron chi connectivity index (χ3n) is 2.79. The van der Waals surface area contributed by atoms with Crippen molar-refractivity contribution in [2.45, 2.75) is 12.8 Å². The average Bonchev–Trinajstić information content (AvgIpc) is 2.36. The van der Waals surface area contributed by atoms with E-state index in [1.54, 1.807) is 25.1 Å². The Morgan fingerprint density at radius 3 is 2.57 bits per heavy atom. The molecule has 0 saturated carbocycles. The summed E-state index contributed by atoms with van der Waals surface area (Å²) in [6.07, 6.45) is -4.60. The molecular weight excluding hydrogens is 283 g/mol. The van der Waals surface area contributed by atoms with Crippen LogP contribution in [0.15, 0.2) is 24.3 Å². The number of hydrogen-bond donors (Lipinski definition) is 0. The van der Waals surface area contributed by atoms with E-state index in [1.807, 2.05) is 6.07 Å². The second kappa shape index (κ2) is 5.48. The number of nitrogens with zero attached hydrogens (tertiary/aromatic N) is 3. The molecule has 1 aromatic heterocycles. The minimum atomic E-state index is -4.74. The lowest BCUT2D eigenvalue weighted by molar-refractivity contribution is -0.274. The molecule has 0 saturated heterocycles. The average molecular weight is 295 g/mol. The van der Waals surface area contributed by atoms with E-state index in [1.165, 1.54) is 18.2 Å². The van der Waals surface area contributed by atoms with Gasteiger partial charge in [-0.25, -0.2) is 0 Å². The molecule has 1 heterocycles. The van der Waals surface area contributed by atoms with Gasteiger partial charge >= 0.3 is 6.36 Å². The van der Waals surface area contributed by atoms with Gasteiger partial charge < -0.3 is 9.64 Å². The molecule has 0 fully saturated rings. The van der Waals surface area contributed by atoms with Crippen molar-refractivity contribution in [2.24, 2.45) is 0 Å². The first kappa shape index (κ1) is 14.9. The number of fused-ring (bicyclic) bond motifs is 1. The molecule has 0 unspecified atom stereocenters. The molecule has 2 aromatic rings. The fourth-order valence-electron chi connectivity index (χ4n) is 1.98. The Morgan fingerprint density at radius 1 is 1.29 bits per heavy atom. The van der Waals surface area contributed by atoms with E-state index < -0.39 is 6.36 Å². The molecule has 0 aliphatic rings. The highest BCUT2D eigenvalue weighted by atomic mass is 19.4. The van der Waals surface area contributed by atoms with Crippen LogP contribution in [0, 0.1) is 11.3 Å². The van der Waals surface area contributed by atoms with Crippen LogP contribution < -0.4 is 9.64 Å².